The average Bonchev–Trinajstić information content (AvgIpc) is 2.93. The number of aliphatic imine (C=N–C) groups is 2. The van der Waals surface area contributed by atoms with Gasteiger partial charge in [0.1, 0.15) is 0 Å². The SMILES string of the molecule is CCCCCCCCCCCCCCCCCc1ccc(/N=C/C(CCCC)=N/c2ccccc2)cc1.[Ni]. The Labute approximate surface area is 245 Å². The molecule has 2 aromatic carbocycles. The number of rotatable bonds is 22. The van der Waals surface area contributed by atoms with Crippen LogP contribution in [0.3, 0.4) is 0 Å². The minimum atomic E-state index is 0. The Morgan fingerprint density at radius 3 is 1.58 bits per heavy atom. The molecule has 0 amide bonds. The fourth-order valence-corrected chi connectivity index (χ4v) is 4.77. The van der Waals surface area contributed by atoms with Gasteiger partial charge in [-0.2, -0.15) is 0 Å². The van der Waals surface area contributed by atoms with Crippen molar-refractivity contribution >= 4 is 23.3 Å². The second-order valence-corrected chi connectivity index (χ2v) is 10.7. The summed E-state index contributed by atoms with van der Waals surface area (Å²) in [7, 11) is 0. The standard InChI is InChI=1S/C35H54N2.Ni/c1-3-5-7-8-9-10-11-12-13-14-15-16-17-18-20-23-32-27-29-33(30-28-32)36-31-35(24-6-4-2)37-34-25-21-19-22-26-34;/h19,21-22,25-31H,3-18,20,23-24H2,1-2H3;/b36-31+,37-35+;. The topological polar surface area (TPSA) is 24.7 Å². The molecule has 2 nitrogen and oxygen atoms in total. The molecule has 3 heteroatoms. The smallest absolute Gasteiger partial charge is 0.0633 e. The Kier molecular flexibility index (Phi) is 22.0. The molecule has 214 valence electrons. The van der Waals surface area contributed by atoms with E-state index in [0.717, 1.165) is 36.3 Å². The zero-order chi connectivity index (χ0) is 26.2. The fraction of sp³-hybridized carbons (Fsp3) is 0.600. The summed E-state index contributed by atoms with van der Waals surface area (Å²) in [6, 6.07) is 19.0. The van der Waals surface area contributed by atoms with Crippen molar-refractivity contribution in [2.75, 3.05) is 0 Å². The van der Waals surface area contributed by atoms with E-state index in [-0.39, 0.29) is 16.5 Å². The normalized spacial score (nSPS) is 11.7. The fourth-order valence-electron chi connectivity index (χ4n) is 4.77. The summed E-state index contributed by atoms with van der Waals surface area (Å²) in [6.45, 7) is 4.51. The Morgan fingerprint density at radius 1 is 0.553 bits per heavy atom. The minimum absolute atomic E-state index is 0. The molecule has 0 aliphatic rings. The molecule has 0 fully saturated rings. The molecule has 38 heavy (non-hydrogen) atoms. The number of aryl methyl sites for hydroxylation is 1. The predicted octanol–water partition coefficient (Wildman–Crippen LogP) is 11.8. The van der Waals surface area contributed by atoms with Crippen molar-refractivity contribution in [3.63, 3.8) is 0 Å². The molecule has 0 saturated carbocycles. The van der Waals surface area contributed by atoms with Crippen LogP contribution in [-0.4, -0.2) is 11.9 Å². The van der Waals surface area contributed by atoms with Gasteiger partial charge in [0.05, 0.1) is 17.1 Å². The molecular formula is C35H54N2Ni. The van der Waals surface area contributed by atoms with Gasteiger partial charge in [0.2, 0.25) is 0 Å². The van der Waals surface area contributed by atoms with Gasteiger partial charge in [0.15, 0.2) is 0 Å². The molecule has 0 aromatic heterocycles. The monoisotopic (exact) mass is 560 g/mol. The van der Waals surface area contributed by atoms with E-state index >= 15 is 0 Å². The van der Waals surface area contributed by atoms with E-state index in [1.54, 1.807) is 0 Å². The van der Waals surface area contributed by atoms with Crippen molar-refractivity contribution in [3.05, 3.63) is 60.2 Å². The molecule has 2 rings (SSSR count). The van der Waals surface area contributed by atoms with Gasteiger partial charge in [-0.05, 0) is 55.5 Å². The Hall–Kier alpha value is -1.73. The Bertz CT molecular complexity index is 842. The first-order valence-electron chi connectivity index (χ1n) is 15.6. The first kappa shape index (κ1) is 34.3. The quantitative estimate of drug-likeness (QED) is 0.0776. The van der Waals surface area contributed by atoms with Crippen LogP contribution in [0.4, 0.5) is 11.4 Å². The van der Waals surface area contributed by atoms with Crippen molar-refractivity contribution < 1.29 is 16.5 Å². The van der Waals surface area contributed by atoms with Gasteiger partial charge in [-0.3, -0.25) is 9.98 Å². The molecule has 0 unspecified atom stereocenters. The Morgan fingerprint density at radius 2 is 1.05 bits per heavy atom. The van der Waals surface area contributed by atoms with E-state index in [1.165, 1.54) is 108 Å². The van der Waals surface area contributed by atoms with Gasteiger partial charge in [0, 0.05) is 22.7 Å². The molecule has 0 aliphatic heterocycles. The van der Waals surface area contributed by atoms with Gasteiger partial charge in [-0.1, -0.05) is 140 Å². The van der Waals surface area contributed by atoms with E-state index < -0.39 is 0 Å². The van der Waals surface area contributed by atoms with Crippen molar-refractivity contribution in [3.8, 4) is 0 Å². The van der Waals surface area contributed by atoms with Gasteiger partial charge < -0.3 is 0 Å². The molecule has 2 aromatic rings. The van der Waals surface area contributed by atoms with Crippen LogP contribution in [0.1, 0.15) is 135 Å². The summed E-state index contributed by atoms with van der Waals surface area (Å²) in [6.07, 6.45) is 27.7. The summed E-state index contributed by atoms with van der Waals surface area (Å²) < 4.78 is 0. The second kappa shape index (κ2) is 24.3. The third-order valence-corrected chi connectivity index (χ3v) is 7.18. The molecule has 0 aliphatic carbocycles. The average molecular weight is 562 g/mol. The van der Waals surface area contributed by atoms with E-state index in [1.807, 2.05) is 36.5 Å². The van der Waals surface area contributed by atoms with Gasteiger partial charge in [0.25, 0.3) is 0 Å². The summed E-state index contributed by atoms with van der Waals surface area (Å²) in [4.78, 5) is 9.52. The van der Waals surface area contributed by atoms with Crippen molar-refractivity contribution in [2.24, 2.45) is 9.98 Å². The summed E-state index contributed by atoms with van der Waals surface area (Å²) in [5.41, 5.74) is 4.49. The van der Waals surface area contributed by atoms with Crippen molar-refractivity contribution in [1.29, 1.82) is 0 Å². The van der Waals surface area contributed by atoms with E-state index in [4.69, 9.17) is 9.98 Å². The minimum Gasteiger partial charge on any atom is -0.255 e. The molecule has 0 heterocycles. The van der Waals surface area contributed by atoms with Crippen LogP contribution < -0.4 is 0 Å². The molecule has 0 N–H and O–H groups in total. The molecular weight excluding hydrogens is 507 g/mol. The summed E-state index contributed by atoms with van der Waals surface area (Å²) in [5, 5.41) is 0. The summed E-state index contributed by atoms with van der Waals surface area (Å²) in [5.74, 6) is 0. The van der Waals surface area contributed by atoms with Crippen molar-refractivity contribution in [1.82, 2.24) is 0 Å². The van der Waals surface area contributed by atoms with Gasteiger partial charge >= 0.3 is 0 Å². The van der Waals surface area contributed by atoms with Crippen LogP contribution in [0.5, 0.6) is 0 Å². The first-order chi connectivity index (χ1) is 18.3. The zero-order valence-corrected chi connectivity index (χ0v) is 25.4. The second-order valence-electron chi connectivity index (χ2n) is 10.7. The molecule has 0 bridgehead atoms. The predicted molar refractivity (Wildman–Crippen MR) is 166 cm³/mol. The number of para-hydroxylation sites is 1. The maximum absolute atomic E-state index is 4.80. The van der Waals surface area contributed by atoms with Crippen LogP contribution >= 0.6 is 0 Å². The number of hydrogen-bond acceptors (Lipinski definition) is 2. The summed E-state index contributed by atoms with van der Waals surface area (Å²) >= 11 is 0. The van der Waals surface area contributed by atoms with Gasteiger partial charge in [-0.25, -0.2) is 0 Å². The van der Waals surface area contributed by atoms with E-state index in [2.05, 4.69) is 38.1 Å². The molecule has 0 radical (unpaired) electrons. The number of nitrogens with zero attached hydrogens (tertiary/aromatic N) is 2. The maximum Gasteiger partial charge on any atom is 0.0633 e. The number of hydrogen-bond donors (Lipinski definition) is 0. The first-order valence-corrected chi connectivity index (χ1v) is 15.6. The molecule has 0 spiro atoms. The maximum atomic E-state index is 4.80. The van der Waals surface area contributed by atoms with E-state index in [9.17, 15) is 0 Å². The van der Waals surface area contributed by atoms with E-state index in [0.29, 0.717) is 0 Å². The van der Waals surface area contributed by atoms with Crippen LogP contribution in [0.2, 0.25) is 0 Å². The molecule has 0 saturated heterocycles. The number of benzene rings is 2. The third-order valence-electron chi connectivity index (χ3n) is 7.18. The molecule has 0 atom stereocenters. The Balaban J connectivity index is 0.00000722. The van der Waals surface area contributed by atoms with Crippen LogP contribution in [0, 0.1) is 0 Å². The van der Waals surface area contributed by atoms with Crippen LogP contribution in [0.15, 0.2) is 64.6 Å². The van der Waals surface area contributed by atoms with Gasteiger partial charge in [-0.15, -0.1) is 0 Å². The zero-order valence-electron chi connectivity index (χ0n) is 24.4. The van der Waals surface area contributed by atoms with Crippen molar-refractivity contribution in [2.45, 2.75) is 136 Å². The van der Waals surface area contributed by atoms with Crippen LogP contribution in [-0.2, 0) is 22.9 Å². The largest absolute Gasteiger partial charge is 0.255 e. The number of unbranched alkanes of at least 4 members (excludes halogenated alkanes) is 15. The third kappa shape index (κ3) is 17.7. The van der Waals surface area contributed by atoms with Crippen LogP contribution in [0.25, 0.3) is 0 Å².